The minimum atomic E-state index is -0.228. The second-order valence-electron chi connectivity index (χ2n) is 5.26. The van der Waals surface area contributed by atoms with Gasteiger partial charge in [0.15, 0.2) is 0 Å². The van der Waals surface area contributed by atoms with Crippen molar-refractivity contribution in [3.05, 3.63) is 77.4 Å². The summed E-state index contributed by atoms with van der Waals surface area (Å²) in [7, 11) is 0. The predicted octanol–water partition coefficient (Wildman–Crippen LogP) is 3.39. The number of allylic oxidation sites excluding steroid dienone is 1. The van der Waals surface area contributed by atoms with Gasteiger partial charge in [0.05, 0.1) is 5.92 Å². The Bertz CT molecular complexity index is 933. The zero-order valence-electron chi connectivity index (χ0n) is 11.7. The summed E-state index contributed by atoms with van der Waals surface area (Å²) in [4.78, 5) is 3.18. The number of benzene rings is 2. The molecule has 106 valence electrons. The summed E-state index contributed by atoms with van der Waals surface area (Å²) in [5.41, 5.74) is 8.33. The molecule has 2 heterocycles. The lowest BCUT2D eigenvalue weighted by atomic mass is 9.85. The summed E-state index contributed by atoms with van der Waals surface area (Å²) in [5, 5.41) is 11.6. The minimum Gasteiger partial charge on any atom is -0.440 e. The number of hydrogen-bond donors (Lipinski definition) is 2. The maximum atomic E-state index is 9.49. The van der Waals surface area contributed by atoms with E-state index in [2.05, 4.69) is 11.1 Å². The van der Waals surface area contributed by atoms with Crippen molar-refractivity contribution in [2.75, 3.05) is 0 Å². The van der Waals surface area contributed by atoms with Crippen LogP contribution < -0.4 is 10.5 Å². The molecule has 1 aromatic heterocycles. The third kappa shape index (κ3) is 1.69. The van der Waals surface area contributed by atoms with Gasteiger partial charge in [-0.2, -0.15) is 5.26 Å². The maximum Gasteiger partial charge on any atom is 0.205 e. The van der Waals surface area contributed by atoms with Gasteiger partial charge in [0.25, 0.3) is 0 Å². The molecule has 0 saturated heterocycles. The van der Waals surface area contributed by atoms with Crippen molar-refractivity contribution in [3.8, 4) is 11.8 Å². The van der Waals surface area contributed by atoms with E-state index < -0.39 is 0 Å². The first-order valence-electron chi connectivity index (χ1n) is 7.02. The fourth-order valence-electron chi connectivity index (χ4n) is 3.03. The Morgan fingerprint density at radius 2 is 1.95 bits per heavy atom. The maximum absolute atomic E-state index is 9.49. The summed E-state index contributed by atoms with van der Waals surface area (Å²) >= 11 is 0. The van der Waals surface area contributed by atoms with E-state index in [9.17, 15) is 5.26 Å². The first kappa shape index (κ1) is 12.5. The number of H-pyrrole nitrogens is 1. The van der Waals surface area contributed by atoms with Gasteiger partial charge < -0.3 is 15.5 Å². The van der Waals surface area contributed by atoms with Crippen LogP contribution in [0.2, 0.25) is 0 Å². The number of hydrogen-bond acceptors (Lipinski definition) is 3. The molecule has 0 fully saturated rings. The van der Waals surface area contributed by atoms with Crippen LogP contribution in [-0.2, 0) is 0 Å². The lowest BCUT2D eigenvalue weighted by Crippen LogP contribution is -2.21. The molecular weight excluding hydrogens is 274 g/mol. The molecule has 1 aliphatic rings. The number of nitrogens with zero attached hydrogens (tertiary/aromatic N) is 1. The summed E-state index contributed by atoms with van der Waals surface area (Å²) in [6, 6.07) is 18.1. The van der Waals surface area contributed by atoms with E-state index in [1.807, 2.05) is 54.7 Å². The van der Waals surface area contributed by atoms with E-state index in [0.29, 0.717) is 5.57 Å². The monoisotopic (exact) mass is 287 g/mol. The van der Waals surface area contributed by atoms with Gasteiger partial charge in [-0.05, 0) is 17.5 Å². The van der Waals surface area contributed by atoms with Crippen LogP contribution in [0.3, 0.4) is 0 Å². The van der Waals surface area contributed by atoms with E-state index in [0.717, 1.165) is 27.8 Å². The molecule has 0 bridgehead atoms. The number of nitrogens with two attached hydrogens (primary N) is 1. The Hall–Kier alpha value is -3.19. The van der Waals surface area contributed by atoms with Crippen molar-refractivity contribution in [1.29, 1.82) is 5.26 Å². The van der Waals surface area contributed by atoms with Crippen molar-refractivity contribution in [2.45, 2.75) is 5.92 Å². The number of nitriles is 1. The number of fused-ring (bicyclic) bond motifs is 3. The molecule has 0 spiro atoms. The summed E-state index contributed by atoms with van der Waals surface area (Å²) in [5.74, 6) is 0.675. The molecule has 1 aliphatic heterocycles. The van der Waals surface area contributed by atoms with Crippen LogP contribution in [0.4, 0.5) is 0 Å². The molecule has 3 aromatic rings. The molecule has 4 nitrogen and oxygen atoms in total. The Balaban J connectivity index is 2.04. The van der Waals surface area contributed by atoms with E-state index in [4.69, 9.17) is 10.5 Å². The van der Waals surface area contributed by atoms with Crippen LogP contribution in [0, 0.1) is 11.3 Å². The Kier molecular flexibility index (Phi) is 2.67. The molecule has 0 saturated carbocycles. The Morgan fingerprint density at radius 1 is 1.09 bits per heavy atom. The summed E-state index contributed by atoms with van der Waals surface area (Å²) in [6.45, 7) is 0. The number of rotatable bonds is 1. The van der Waals surface area contributed by atoms with Crippen molar-refractivity contribution in [1.82, 2.24) is 4.98 Å². The van der Waals surface area contributed by atoms with Crippen LogP contribution in [0.25, 0.3) is 10.8 Å². The van der Waals surface area contributed by atoms with Gasteiger partial charge in [0.1, 0.15) is 17.4 Å². The van der Waals surface area contributed by atoms with Crippen molar-refractivity contribution in [2.24, 2.45) is 5.73 Å². The zero-order valence-corrected chi connectivity index (χ0v) is 11.7. The first-order valence-corrected chi connectivity index (χ1v) is 7.02. The molecule has 0 radical (unpaired) electrons. The second kappa shape index (κ2) is 4.68. The predicted molar refractivity (Wildman–Crippen MR) is 84.0 cm³/mol. The van der Waals surface area contributed by atoms with Gasteiger partial charge >= 0.3 is 0 Å². The third-order valence-corrected chi connectivity index (χ3v) is 4.04. The third-order valence-electron chi connectivity index (χ3n) is 4.04. The highest BCUT2D eigenvalue weighted by atomic mass is 16.5. The van der Waals surface area contributed by atoms with Crippen molar-refractivity contribution < 1.29 is 4.74 Å². The molecular formula is C18H13N3O. The molecule has 22 heavy (non-hydrogen) atoms. The fraction of sp³-hybridized carbons (Fsp3) is 0.0556. The molecule has 1 atom stereocenters. The largest absolute Gasteiger partial charge is 0.440 e. The van der Waals surface area contributed by atoms with Crippen LogP contribution >= 0.6 is 0 Å². The van der Waals surface area contributed by atoms with E-state index in [1.54, 1.807) is 0 Å². The second-order valence-corrected chi connectivity index (χ2v) is 5.26. The Labute approximate surface area is 127 Å². The zero-order chi connectivity index (χ0) is 15.1. The highest BCUT2D eigenvalue weighted by Crippen LogP contribution is 2.44. The quantitative estimate of drug-likeness (QED) is 0.720. The highest BCUT2D eigenvalue weighted by molar-refractivity contribution is 5.90. The van der Waals surface area contributed by atoms with Gasteiger partial charge in [-0.3, -0.25) is 0 Å². The van der Waals surface area contributed by atoms with E-state index in [1.165, 1.54) is 0 Å². The standard InChI is InChI=1S/C18H13N3O/c19-10-14-16(15-6-3-9-21-15)13-8-7-11-4-1-2-5-12(11)17(13)22-18(14)20/h1-9,16,21H,20H2/t16-/m0/s1. The molecule has 0 aliphatic carbocycles. The number of ether oxygens (including phenoxy) is 1. The summed E-state index contributed by atoms with van der Waals surface area (Å²) in [6.07, 6.45) is 1.84. The minimum absolute atomic E-state index is 0.172. The molecule has 4 rings (SSSR count). The normalized spacial score (nSPS) is 17.0. The van der Waals surface area contributed by atoms with E-state index in [-0.39, 0.29) is 11.8 Å². The van der Waals surface area contributed by atoms with Crippen LogP contribution in [0.5, 0.6) is 5.75 Å². The van der Waals surface area contributed by atoms with Crippen LogP contribution in [0.1, 0.15) is 17.2 Å². The molecule has 0 amide bonds. The van der Waals surface area contributed by atoms with Crippen LogP contribution in [0.15, 0.2) is 66.2 Å². The summed E-state index contributed by atoms with van der Waals surface area (Å²) < 4.78 is 5.80. The van der Waals surface area contributed by atoms with Gasteiger partial charge in [-0.15, -0.1) is 0 Å². The molecule has 0 unspecified atom stereocenters. The molecule has 4 heteroatoms. The van der Waals surface area contributed by atoms with Gasteiger partial charge in [-0.1, -0.05) is 36.4 Å². The molecule has 3 N–H and O–H groups in total. The highest BCUT2D eigenvalue weighted by Gasteiger charge is 2.32. The first-order chi connectivity index (χ1) is 10.8. The van der Waals surface area contributed by atoms with Gasteiger partial charge in [-0.25, -0.2) is 0 Å². The van der Waals surface area contributed by atoms with Crippen molar-refractivity contribution in [3.63, 3.8) is 0 Å². The van der Waals surface area contributed by atoms with E-state index >= 15 is 0 Å². The SMILES string of the molecule is N#CC1=C(N)Oc2c(ccc3ccccc23)[C@@H]1c1ccc[nH]1. The number of aromatic nitrogens is 1. The van der Waals surface area contributed by atoms with Gasteiger partial charge in [0.2, 0.25) is 5.88 Å². The topological polar surface area (TPSA) is 74.8 Å². The Morgan fingerprint density at radius 3 is 2.73 bits per heavy atom. The number of aromatic amines is 1. The number of nitrogens with one attached hydrogen (secondary N) is 1. The smallest absolute Gasteiger partial charge is 0.205 e. The fourth-order valence-corrected chi connectivity index (χ4v) is 3.03. The lowest BCUT2D eigenvalue weighted by Gasteiger charge is -2.26. The van der Waals surface area contributed by atoms with Crippen molar-refractivity contribution >= 4 is 10.8 Å². The average molecular weight is 287 g/mol. The average Bonchev–Trinajstić information content (AvgIpc) is 3.07. The molecule has 2 aromatic carbocycles. The lowest BCUT2D eigenvalue weighted by molar-refractivity contribution is 0.398. The van der Waals surface area contributed by atoms with Crippen LogP contribution in [-0.4, -0.2) is 4.98 Å². The van der Waals surface area contributed by atoms with Gasteiger partial charge in [0, 0.05) is 22.8 Å².